The third-order valence-electron chi connectivity index (χ3n) is 4.28. The number of nitrogens with one attached hydrogen (secondary N) is 2. The number of benzene rings is 2. The van der Waals surface area contributed by atoms with Crippen molar-refractivity contribution < 1.29 is 24.9 Å². The van der Waals surface area contributed by atoms with Crippen LogP contribution in [0.15, 0.2) is 46.6 Å². The Morgan fingerprint density at radius 3 is 2.18 bits per heavy atom. The molecule has 0 atom stereocenters. The van der Waals surface area contributed by atoms with E-state index in [4.69, 9.17) is 5.11 Å². The molecule has 170 valence electrons. The molecule has 0 saturated heterocycles. The highest BCUT2D eigenvalue weighted by Gasteiger charge is 2.11. The Bertz CT molecular complexity index is 1200. The second-order valence-corrected chi connectivity index (χ2v) is 6.89. The summed E-state index contributed by atoms with van der Waals surface area (Å²) < 4.78 is 0. The van der Waals surface area contributed by atoms with Crippen LogP contribution in [0.4, 0.5) is 29.0 Å². The van der Waals surface area contributed by atoms with E-state index in [1.165, 1.54) is 12.1 Å². The average Bonchev–Trinajstić information content (AvgIpc) is 2.76. The highest BCUT2D eigenvalue weighted by Crippen LogP contribution is 2.27. The molecule has 0 unspecified atom stereocenters. The lowest BCUT2D eigenvalue weighted by molar-refractivity contribution is 0.0696. The lowest BCUT2D eigenvalue weighted by Gasteiger charge is -2.09. The number of hydrogen-bond donors (Lipinski definition) is 5. The highest BCUT2D eigenvalue weighted by atomic mass is 16.4. The van der Waals surface area contributed by atoms with Gasteiger partial charge in [0.1, 0.15) is 5.82 Å². The number of aromatic nitrogens is 3. The van der Waals surface area contributed by atoms with Crippen molar-refractivity contribution in [2.75, 3.05) is 23.8 Å². The topological polar surface area (TPSA) is 182 Å². The summed E-state index contributed by atoms with van der Waals surface area (Å²) in [5.74, 6) is -1.36. The molecule has 0 aliphatic carbocycles. The van der Waals surface area contributed by atoms with Gasteiger partial charge >= 0.3 is 11.9 Å². The Kier molecular flexibility index (Phi) is 7.20. The number of hydrogen-bond acceptors (Lipinski definition) is 10. The van der Waals surface area contributed by atoms with Gasteiger partial charge in [-0.15, -0.1) is 0 Å². The highest BCUT2D eigenvalue weighted by molar-refractivity contribution is 5.95. The van der Waals surface area contributed by atoms with Gasteiger partial charge in [-0.05, 0) is 55.8 Å². The van der Waals surface area contributed by atoms with E-state index in [1.54, 1.807) is 25.1 Å². The number of nitrogens with zero attached hydrogens (tertiary/aromatic N) is 5. The fourth-order valence-corrected chi connectivity index (χ4v) is 2.79. The van der Waals surface area contributed by atoms with Crippen LogP contribution in [0, 0.1) is 13.8 Å². The van der Waals surface area contributed by atoms with Crippen LogP contribution in [0.2, 0.25) is 0 Å². The Balaban J connectivity index is 1.80. The molecule has 33 heavy (non-hydrogen) atoms. The van der Waals surface area contributed by atoms with Crippen LogP contribution in [0.1, 0.15) is 32.1 Å². The average molecular weight is 451 g/mol. The van der Waals surface area contributed by atoms with E-state index in [1.807, 2.05) is 6.92 Å². The Hall–Kier alpha value is -4.45. The minimum Gasteiger partial charge on any atom is -0.478 e. The predicted octanol–water partition coefficient (Wildman–Crippen LogP) is 3.45. The number of carboxylic acids is 2. The van der Waals surface area contributed by atoms with Crippen molar-refractivity contribution in [3.05, 3.63) is 58.9 Å². The largest absolute Gasteiger partial charge is 0.478 e. The quantitative estimate of drug-likeness (QED) is 0.302. The molecular weight excluding hydrogens is 430 g/mol. The van der Waals surface area contributed by atoms with Crippen molar-refractivity contribution >= 4 is 40.9 Å². The zero-order valence-corrected chi connectivity index (χ0v) is 17.8. The third-order valence-corrected chi connectivity index (χ3v) is 4.28. The summed E-state index contributed by atoms with van der Waals surface area (Å²) in [5, 5.41) is 41.4. The Morgan fingerprint density at radius 2 is 1.58 bits per heavy atom. The molecule has 1 aromatic heterocycles. The van der Waals surface area contributed by atoms with Crippen molar-refractivity contribution in [2.24, 2.45) is 10.2 Å². The van der Waals surface area contributed by atoms with Crippen molar-refractivity contribution in [1.29, 1.82) is 0 Å². The standard InChI is InChI=1S/C21H21N7O5/c1-11-7-15(25-21-24-12(2)23-20(26-21)22-5-6-29)3-4-17(11)28-27-16-9-13(18(30)31)8-14(10-16)19(32)33/h3-4,7-10,29H,5-6H2,1-2H3,(H,30,31)(H,32,33)(H2,22,23,24,25,26). The molecular formula is C21H21N7O5. The van der Waals surface area contributed by atoms with Crippen molar-refractivity contribution in [1.82, 2.24) is 15.0 Å². The number of aromatic carboxylic acids is 2. The number of aryl methyl sites for hydroxylation is 2. The maximum atomic E-state index is 11.2. The molecule has 2 aromatic carbocycles. The maximum Gasteiger partial charge on any atom is 0.335 e. The van der Waals surface area contributed by atoms with Gasteiger partial charge in [0.2, 0.25) is 11.9 Å². The molecule has 12 nitrogen and oxygen atoms in total. The first-order chi connectivity index (χ1) is 15.7. The van der Waals surface area contributed by atoms with E-state index in [0.29, 0.717) is 35.6 Å². The molecule has 3 aromatic rings. The van der Waals surface area contributed by atoms with E-state index in [0.717, 1.165) is 11.6 Å². The summed E-state index contributed by atoms with van der Waals surface area (Å²) in [4.78, 5) is 35.1. The van der Waals surface area contributed by atoms with E-state index < -0.39 is 11.9 Å². The fraction of sp³-hybridized carbons (Fsp3) is 0.190. The van der Waals surface area contributed by atoms with Crippen LogP contribution < -0.4 is 10.6 Å². The second-order valence-electron chi connectivity index (χ2n) is 6.89. The number of aliphatic hydroxyl groups excluding tert-OH is 1. The van der Waals surface area contributed by atoms with Crippen LogP contribution in [0.25, 0.3) is 0 Å². The predicted molar refractivity (Wildman–Crippen MR) is 119 cm³/mol. The number of anilines is 3. The summed E-state index contributed by atoms with van der Waals surface area (Å²) in [7, 11) is 0. The number of carbonyl (C=O) groups is 2. The summed E-state index contributed by atoms with van der Waals surface area (Å²) in [6, 6.07) is 8.77. The number of rotatable bonds is 9. The van der Waals surface area contributed by atoms with Gasteiger partial charge < -0.3 is 26.0 Å². The molecule has 0 amide bonds. The van der Waals surface area contributed by atoms with Crippen LogP contribution in [0.3, 0.4) is 0 Å². The van der Waals surface area contributed by atoms with Gasteiger partial charge in [0.05, 0.1) is 29.1 Å². The number of carboxylic acid groups (broad SMARTS) is 2. The maximum absolute atomic E-state index is 11.2. The fourth-order valence-electron chi connectivity index (χ4n) is 2.79. The van der Waals surface area contributed by atoms with Crippen LogP contribution in [-0.2, 0) is 0 Å². The number of aliphatic hydroxyl groups is 1. The minimum atomic E-state index is -1.26. The molecule has 0 spiro atoms. The lowest BCUT2D eigenvalue weighted by atomic mass is 10.1. The van der Waals surface area contributed by atoms with Gasteiger partial charge in [-0.2, -0.15) is 25.2 Å². The second kappa shape index (κ2) is 10.2. The van der Waals surface area contributed by atoms with Gasteiger partial charge in [-0.3, -0.25) is 0 Å². The molecule has 5 N–H and O–H groups in total. The monoisotopic (exact) mass is 451 g/mol. The summed E-state index contributed by atoms with van der Waals surface area (Å²) in [6.45, 7) is 3.79. The first-order valence-electron chi connectivity index (χ1n) is 9.73. The minimum absolute atomic E-state index is 0.0546. The van der Waals surface area contributed by atoms with Gasteiger partial charge in [-0.1, -0.05) is 0 Å². The summed E-state index contributed by atoms with van der Waals surface area (Å²) >= 11 is 0. The SMILES string of the molecule is Cc1nc(NCCO)nc(Nc2ccc(N=Nc3cc(C(=O)O)cc(C(=O)O)c3)c(C)c2)n1. The third kappa shape index (κ3) is 6.27. The first-order valence-corrected chi connectivity index (χ1v) is 9.73. The first kappa shape index (κ1) is 23.2. The van der Waals surface area contributed by atoms with Gasteiger partial charge in [0.15, 0.2) is 0 Å². The Labute approximate surface area is 188 Å². The molecule has 0 saturated carbocycles. The van der Waals surface area contributed by atoms with Crippen LogP contribution in [0.5, 0.6) is 0 Å². The normalized spacial score (nSPS) is 10.9. The van der Waals surface area contributed by atoms with Crippen LogP contribution in [-0.4, -0.2) is 55.4 Å². The van der Waals surface area contributed by atoms with Gasteiger partial charge in [0, 0.05) is 12.2 Å². The molecule has 0 aliphatic rings. The Morgan fingerprint density at radius 1 is 0.909 bits per heavy atom. The van der Waals surface area contributed by atoms with E-state index in [-0.39, 0.29) is 23.4 Å². The molecule has 0 fully saturated rings. The molecule has 0 radical (unpaired) electrons. The summed E-state index contributed by atoms with van der Waals surface area (Å²) in [6.07, 6.45) is 0. The molecule has 0 bridgehead atoms. The lowest BCUT2D eigenvalue weighted by Crippen LogP contribution is -2.11. The van der Waals surface area contributed by atoms with E-state index in [2.05, 4.69) is 35.8 Å². The van der Waals surface area contributed by atoms with Crippen molar-refractivity contribution in [2.45, 2.75) is 13.8 Å². The molecule has 12 heteroatoms. The van der Waals surface area contributed by atoms with E-state index in [9.17, 15) is 19.8 Å². The smallest absolute Gasteiger partial charge is 0.335 e. The molecule has 1 heterocycles. The van der Waals surface area contributed by atoms with Crippen LogP contribution >= 0.6 is 0 Å². The van der Waals surface area contributed by atoms with E-state index >= 15 is 0 Å². The van der Waals surface area contributed by atoms with Gasteiger partial charge in [0.25, 0.3) is 0 Å². The zero-order chi connectivity index (χ0) is 24.0. The number of azo groups is 1. The van der Waals surface area contributed by atoms with Crippen molar-refractivity contribution in [3.63, 3.8) is 0 Å². The van der Waals surface area contributed by atoms with Crippen molar-refractivity contribution in [3.8, 4) is 0 Å². The molecule has 3 rings (SSSR count). The summed E-state index contributed by atoms with van der Waals surface area (Å²) in [5.41, 5.74) is 1.67. The van der Waals surface area contributed by atoms with Gasteiger partial charge in [-0.25, -0.2) is 9.59 Å². The zero-order valence-electron chi connectivity index (χ0n) is 17.8. The molecule has 0 aliphatic heterocycles.